The number of nitrogens with one attached hydrogen (secondary N) is 1. The summed E-state index contributed by atoms with van der Waals surface area (Å²) in [5, 5.41) is 21.8. The van der Waals surface area contributed by atoms with E-state index in [1.807, 2.05) is 18.2 Å². The molecule has 188 valence electrons. The van der Waals surface area contributed by atoms with Crippen molar-refractivity contribution in [2.24, 2.45) is 0 Å². The van der Waals surface area contributed by atoms with E-state index in [0.717, 1.165) is 4.90 Å². The molecule has 4 aromatic carbocycles. The Hall–Kier alpha value is -5.15. The second-order valence-corrected chi connectivity index (χ2v) is 8.88. The minimum absolute atomic E-state index is 0.137. The number of H-pyrrole nitrogens is 1. The smallest absolute Gasteiger partial charge is 0.413 e. The summed E-state index contributed by atoms with van der Waals surface area (Å²) in [7, 11) is 1.38. The predicted molar refractivity (Wildman–Crippen MR) is 142 cm³/mol. The lowest BCUT2D eigenvalue weighted by molar-refractivity contribution is 0.0701. The van der Waals surface area contributed by atoms with E-state index >= 15 is 0 Å². The van der Waals surface area contributed by atoms with E-state index in [2.05, 4.69) is 9.97 Å². The van der Waals surface area contributed by atoms with Crippen LogP contribution < -0.4 is 14.5 Å². The summed E-state index contributed by atoms with van der Waals surface area (Å²) in [5.74, 6) is 0.731. The number of rotatable bonds is 5. The third kappa shape index (κ3) is 3.56. The first-order chi connectivity index (χ1) is 18.4. The van der Waals surface area contributed by atoms with Crippen molar-refractivity contribution >= 4 is 34.7 Å². The number of para-hydroxylation sites is 3. The van der Waals surface area contributed by atoms with Gasteiger partial charge in [0.05, 0.1) is 16.7 Å². The lowest BCUT2D eigenvalue weighted by atomic mass is 9.93. The molecule has 2 heterocycles. The highest BCUT2D eigenvalue weighted by Gasteiger charge is 2.51. The Bertz CT molecular complexity index is 1700. The first-order valence-corrected chi connectivity index (χ1v) is 11.8. The van der Waals surface area contributed by atoms with E-state index < -0.39 is 11.8 Å². The standard InChI is InChI=1S/C29H22N4O5/c1-32(28(35)36)27-30-22-16-15-18(17-23(22)31-27)29(37)21-12-6-5-11-20(21)26(34)33(29)24-13-7-8-14-25(24)38-19-9-3-2-4-10-19/h2-17,37H,1H3,(H,30,31)(H,35,36). The monoisotopic (exact) mass is 506 g/mol. The highest BCUT2D eigenvalue weighted by molar-refractivity contribution is 6.13. The lowest BCUT2D eigenvalue weighted by Gasteiger charge is -2.35. The van der Waals surface area contributed by atoms with Gasteiger partial charge in [0.25, 0.3) is 5.91 Å². The van der Waals surface area contributed by atoms with Crippen molar-refractivity contribution in [2.45, 2.75) is 5.72 Å². The summed E-state index contributed by atoms with van der Waals surface area (Å²) in [6.07, 6.45) is -1.17. The third-order valence-electron chi connectivity index (χ3n) is 6.61. The van der Waals surface area contributed by atoms with Crippen molar-refractivity contribution in [3.05, 3.63) is 114 Å². The summed E-state index contributed by atoms with van der Waals surface area (Å²) in [6, 6.07) is 28.2. The molecule has 2 amide bonds. The van der Waals surface area contributed by atoms with E-state index in [9.17, 15) is 19.8 Å². The van der Waals surface area contributed by atoms with Crippen molar-refractivity contribution in [3.8, 4) is 11.5 Å². The Labute approximate surface area is 217 Å². The predicted octanol–water partition coefficient (Wildman–Crippen LogP) is 5.32. The molecule has 1 aromatic heterocycles. The number of amides is 2. The van der Waals surface area contributed by atoms with Gasteiger partial charge in [0.1, 0.15) is 5.75 Å². The summed E-state index contributed by atoms with van der Waals surface area (Å²) in [5.41, 5.74) is 0.688. The Morgan fingerprint density at radius 2 is 1.68 bits per heavy atom. The van der Waals surface area contributed by atoms with Crippen LogP contribution >= 0.6 is 0 Å². The van der Waals surface area contributed by atoms with Crippen molar-refractivity contribution in [3.63, 3.8) is 0 Å². The van der Waals surface area contributed by atoms with E-state index in [4.69, 9.17) is 4.74 Å². The number of carbonyl (C=O) groups excluding carboxylic acids is 1. The van der Waals surface area contributed by atoms with Gasteiger partial charge in [0, 0.05) is 23.7 Å². The summed E-state index contributed by atoms with van der Waals surface area (Å²) in [6.45, 7) is 0. The molecule has 0 aliphatic carbocycles. The molecule has 1 atom stereocenters. The Morgan fingerprint density at radius 1 is 0.974 bits per heavy atom. The molecule has 0 bridgehead atoms. The maximum absolute atomic E-state index is 13.8. The fraction of sp³-hybridized carbons (Fsp3) is 0.0690. The Kier molecular flexibility index (Phi) is 5.36. The topological polar surface area (TPSA) is 119 Å². The number of benzene rings is 4. The number of aromatic nitrogens is 2. The number of hydrogen-bond acceptors (Lipinski definition) is 5. The molecule has 9 heteroatoms. The van der Waals surface area contributed by atoms with Crippen LogP contribution in [0.5, 0.6) is 11.5 Å². The average Bonchev–Trinajstić information content (AvgIpc) is 3.46. The first kappa shape index (κ1) is 23.3. The summed E-state index contributed by atoms with van der Waals surface area (Å²) >= 11 is 0. The van der Waals surface area contributed by atoms with Crippen molar-refractivity contribution in [1.29, 1.82) is 0 Å². The van der Waals surface area contributed by atoms with Crippen LogP contribution in [0.15, 0.2) is 97.1 Å². The number of hydrogen-bond donors (Lipinski definition) is 3. The number of ether oxygens (including phenoxy) is 1. The van der Waals surface area contributed by atoms with Gasteiger partial charge in [-0.1, -0.05) is 54.6 Å². The largest absolute Gasteiger partial charge is 0.465 e. The number of fused-ring (bicyclic) bond motifs is 2. The Balaban J connectivity index is 1.52. The molecular formula is C29H22N4O5. The van der Waals surface area contributed by atoms with Crippen LogP contribution in [-0.2, 0) is 5.72 Å². The molecule has 38 heavy (non-hydrogen) atoms. The van der Waals surface area contributed by atoms with Crippen LogP contribution in [0.4, 0.5) is 16.4 Å². The highest BCUT2D eigenvalue weighted by Crippen LogP contribution is 2.48. The van der Waals surface area contributed by atoms with Gasteiger partial charge in [0.15, 0.2) is 11.5 Å². The molecule has 3 N–H and O–H groups in total. The minimum atomic E-state index is -1.89. The number of carbonyl (C=O) groups is 2. The van der Waals surface area contributed by atoms with Gasteiger partial charge in [-0.25, -0.2) is 9.78 Å². The van der Waals surface area contributed by atoms with E-state index in [0.29, 0.717) is 44.9 Å². The van der Waals surface area contributed by atoms with Gasteiger partial charge in [0.2, 0.25) is 5.95 Å². The normalized spacial score (nSPS) is 16.5. The zero-order valence-electron chi connectivity index (χ0n) is 20.2. The number of imidazole rings is 1. The first-order valence-electron chi connectivity index (χ1n) is 11.8. The fourth-order valence-corrected chi connectivity index (χ4v) is 4.74. The molecule has 1 aliphatic rings. The molecule has 1 aliphatic heterocycles. The Morgan fingerprint density at radius 3 is 2.47 bits per heavy atom. The maximum atomic E-state index is 13.8. The van der Waals surface area contributed by atoms with Gasteiger partial charge < -0.3 is 19.9 Å². The second-order valence-electron chi connectivity index (χ2n) is 8.88. The fourth-order valence-electron chi connectivity index (χ4n) is 4.74. The minimum Gasteiger partial charge on any atom is -0.465 e. The van der Waals surface area contributed by atoms with Crippen LogP contribution in [0.3, 0.4) is 0 Å². The second kappa shape index (κ2) is 8.75. The molecule has 6 rings (SSSR count). The van der Waals surface area contributed by atoms with Crippen LogP contribution in [0.25, 0.3) is 11.0 Å². The quantitative estimate of drug-likeness (QED) is 0.297. The van der Waals surface area contributed by atoms with Crippen molar-refractivity contribution in [2.75, 3.05) is 16.8 Å². The van der Waals surface area contributed by atoms with Crippen LogP contribution in [0.2, 0.25) is 0 Å². The number of aliphatic hydroxyl groups is 1. The van der Waals surface area contributed by atoms with E-state index in [1.165, 1.54) is 11.9 Å². The van der Waals surface area contributed by atoms with Crippen LogP contribution in [0.1, 0.15) is 21.5 Å². The van der Waals surface area contributed by atoms with Gasteiger partial charge >= 0.3 is 6.09 Å². The number of carboxylic acid groups (broad SMARTS) is 1. The summed E-state index contributed by atoms with van der Waals surface area (Å²) < 4.78 is 6.14. The van der Waals surface area contributed by atoms with E-state index in [1.54, 1.807) is 78.9 Å². The van der Waals surface area contributed by atoms with Gasteiger partial charge in [-0.05, 0) is 42.5 Å². The zero-order chi connectivity index (χ0) is 26.4. The molecule has 0 spiro atoms. The molecule has 5 aromatic rings. The van der Waals surface area contributed by atoms with Gasteiger partial charge in [-0.2, -0.15) is 0 Å². The number of anilines is 2. The summed E-state index contributed by atoms with van der Waals surface area (Å²) in [4.78, 5) is 34.9. The van der Waals surface area contributed by atoms with Crippen molar-refractivity contribution < 1.29 is 24.5 Å². The van der Waals surface area contributed by atoms with Gasteiger partial charge in [-0.3, -0.25) is 14.6 Å². The van der Waals surface area contributed by atoms with Crippen LogP contribution in [0, 0.1) is 0 Å². The highest BCUT2D eigenvalue weighted by atomic mass is 16.5. The molecule has 0 saturated heterocycles. The maximum Gasteiger partial charge on any atom is 0.413 e. The zero-order valence-corrected chi connectivity index (χ0v) is 20.2. The number of nitrogens with zero attached hydrogens (tertiary/aromatic N) is 3. The van der Waals surface area contributed by atoms with Gasteiger partial charge in [-0.15, -0.1) is 0 Å². The molecule has 0 radical (unpaired) electrons. The molecule has 1 unspecified atom stereocenters. The van der Waals surface area contributed by atoms with E-state index in [-0.39, 0.29) is 11.9 Å². The van der Waals surface area contributed by atoms with Crippen LogP contribution in [-0.4, -0.2) is 39.2 Å². The van der Waals surface area contributed by atoms with Crippen molar-refractivity contribution in [1.82, 2.24) is 9.97 Å². The SMILES string of the molecule is CN(C(=O)O)c1nc2ccc(C3(O)c4ccccc4C(=O)N3c3ccccc3Oc3ccccc3)cc2[nH]1. The third-order valence-corrected chi connectivity index (χ3v) is 6.61. The molecule has 0 fully saturated rings. The molecular weight excluding hydrogens is 484 g/mol. The molecule has 0 saturated carbocycles. The lowest BCUT2D eigenvalue weighted by Crippen LogP contribution is -2.45. The number of aromatic amines is 1. The molecule has 9 nitrogen and oxygen atoms in total. The average molecular weight is 507 g/mol.